The summed E-state index contributed by atoms with van der Waals surface area (Å²) >= 11 is 1.66. The summed E-state index contributed by atoms with van der Waals surface area (Å²) in [6.45, 7) is 12.6. The number of aryl methyl sites for hydroxylation is 1. The molecule has 1 heterocycles. The van der Waals surface area contributed by atoms with E-state index in [2.05, 4.69) is 4.98 Å². The first-order valence-electron chi connectivity index (χ1n) is 11.9. The van der Waals surface area contributed by atoms with E-state index in [0.29, 0.717) is 18.1 Å². The molecule has 36 heavy (non-hydrogen) atoms. The maximum Gasteiger partial charge on any atom is 0.411 e. The highest BCUT2D eigenvalue weighted by atomic mass is 32.2. The summed E-state index contributed by atoms with van der Waals surface area (Å²) in [5.74, 6) is 0.00995. The predicted octanol–water partition coefficient (Wildman–Crippen LogP) is 4.93. The minimum atomic E-state index is -0.763. The molecule has 0 unspecified atom stereocenters. The minimum Gasteiger partial charge on any atom is -0.461 e. The van der Waals surface area contributed by atoms with Crippen LogP contribution in [0.4, 0.5) is 4.79 Å². The molecule has 9 nitrogen and oxygen atoms in total. The summed E-state index contributed by atoms with van der Waals surface area (Å²) in [5, 5.41) is 0. The number of hydrogen-bond acceptors (Lipinski definition) is 8. The molecule has 1 amide bonds. The highest BCUT2D eigenvalue weighted by Crippen LogP contribution is 2.19. The quantitative estimate of drug-likeness (QED) is 0.247. The molecule has 0 bridgehead atoms. The Morgan fingerprint density at radius 3 is 2.22 bits per heavy atom. The maximum atomic E-state index is 13.0. The van der Waals surface area contributed by atoms with Crippen molar-refractivity contribution in [2.75, 3.05) is 18.9 Å². The van der Waals surface area contributed by atoms with Gasteiger partial charge in [-0.3, -0.25) is 9.69 Å². The summed E-state index contributed by atoms with van der Waals surface area (Å²) < 4.78 is 17.8. The standard InChI is InChI=1S/C26H37N3O6S/c1-8-33-23(31)20-16-28(14-15-36-19-12-10-9-11-13-19)21(27-20)17-29(24(32)35-26(5,6)7)18-22(30)34-25(2,3)4/h9-13,16H,8,14-15,17-18H2,1-7H3. The largest absolute Gasteiger partial charge is 0.461 e. The van der Waals surface area contributed by atoms with Gasteiger partial charge in [-0.05, 0) is 60.6 Å². The van der Waals surface area contributed by atoms with Gasteiger partial charge in [-0.1, -0.05) is 18.2 Å². The van der Waals surface area contributed by atoms with E-state index in [1.807, 2.05) is 30.3 Å². The van der Waals surface area contributed by atoms with Crippen LogP contribution in [0.5, 0.6) is 0 Å². The highest BCUT2D eigenvalue weighted by molar-refractivity contribution is 7.99. The summed E-state index contributed by atoms with van der Waals surface area (Å²) in [5.41, 5.74) is -1.33. The number of carbonyl (C=O) groups is 3. The van der Waals surface area contributed by atoms with Gasteiger partial charge in [0.15, 0.2) is 5.69 Å². The van der Waals surface area contributed by atoms with Crippen molar-refractivity contribution in [3.05, 3.63) is 48.0 Å². The van der Waals surface area contributed by atoms with Gasteiger partial charge in [0.05, 0.1) is 13.2 Å². The van der Waals surface area contributed by atoms with Crippen molar-refractivity contribution in [2.45, 2.75) is 77.7 Å². The lowest BCUT2D eigenvalue weighted by Gasteiger charge is -2.28. The molecule has 2 aromatic rings. The van der Waals surface area contributed by atoms with E-state index in [0.717, 1.165) is 4.90 Å². The molecule has 1 aromatic heterocycles. The molecule has 0 N–H and O–H groups in total. The Hall–Kier alpha value is -3.01. The van der Waals surface area contributed by atoms with Gasteiger partial charge in [-0.2, -0.15) is 0 Å². The number of aromatic nitrogens is 2. The van der Waals surface area contributed by atoms with Crippen molar-refractivity contribution >= 4 is 29.8 Å². The molecule has 0 saturated heterocycles. The fourth-order valence-corrected chi connectivity index (χ4v) is 3.94. The van der Waals surface area contributed by atoms with E-state index in [-0.39, 0.29) is 25.4 Å². The van der Waals surface area contributed by atoms with Crippen LogP contribution in [0.3, 0.4) is 0 Å². The van der Waals surface area contributed by atoms with Gasteiger partial charge in [-0.15, -0.1) is 11.8 Å². The summed E-state index contributed by atoms with van der Waals surface area (Å²) in [7, 11) is 0. The molecule has 0 fully saturated rings. The number of rotatable bonds is 10. The van der Waals surface area contributed by atoms with Gasteiger partial charge in [-0.25, -0.2) is 14.6 Å². The number of carbonyl (C=O) groups excluding carboxylic acids is 3. The van der Waals surface area contributed by atoms with Gasteiger partial charge >= 0.3 is 18.0 Å². The smallest absolute Gasteiger partial charge is 0.411 e. The summed E-state index contributed by atoms with van der Waals surface area (Å²) in [6, 6.07) is 9.95. The van der Waals surface area contributed by atoms with E-state index in [1.54, 1.807) is 71.0 Å². The lowest BCUT2D eigenvalue weighted by molar-refractivity contribution is -0.156. The molecule has 0 saturated carbocycles. The lowest BCUT2D eigenvalue weighted by Crippen LogP contribution is -2.41. The summed E-state index contributed by atoms with van der Waals surface area (Å²) in [6.07, 6.45) is 0.929. The van der Waals surface area contributed by atoms with Crippen LogP contribution in [0.2, 0.25) is 0 Å². The topological polar surface area (TPSA) is 100.0 Å². The Labute approximate surface area is 217 Å². The Morgan fingerprint density at radius 1 is 1.00 bits per heavy atom. The van der Waals surface area contributed by atoms with E-state index in [4.69, 9.17) is 14.2 Å². The van der Waals surface area contributed by atoms with Crippen molar-refractivity contribution < 1.29 is 28.6 Å². The molecule has 10 heteroatoms. The van der Waals surface area contributed by atoms with E-state index < -0.39 is 29.2 Å². The van der Waals surface area contributed by atoms with Crippen molar-refractivity contribution in [3.63, 3.8) is 0 Å². The van der Waals surface area contributed by atoms with Crippen LogP contribution in [-0.2, 0) is 32.1 Å². The first kappa shape index (κ1) is 29.2. The molecule has 2 rings (SSSR count). The molecule has 0 spiro atoms. The van der Waals surface area contributed by atoms with Gasteiger partial charge in [0.25, 0.3) is 0 Å². The van der Waals surface area contributed by atoms with E-state index in [9.17, 15) is 14.4 Å². The lowest BCUT2D eigenvalue weighted by atomic mass is 10.2. The number of esters is 2. The Bertz CT molecular complexity index is 1020. The number of amides is 1. The zero-order valence-corrected chi connectivity index (χ0v) is 23.0. The first-order valence-corrected chi connectivity index (χ1v) is 12.9. The zero-order chi connectivity index (χ0) is 26.9. The van der Waals surface area contributed by atoms with E-state index >= 15 is 0 Å². The minimum absolute atomic E-state index is 0.0520. The molecule has 1 aromatic carbocycles. The van der Waals surface area contributed by atoms with Crippen LogP contribution < -0.4 is 0 Å². The van der Waals surface area contributed by atoms with Crippen molar-refractivity contribution in [2.24, 2.45) is 0 Å². The first-order chi connectivity index (χ1) is 16.8. The van der Waals surface area contributed by atoms with Crippen LogP contribution in [0, 0.1) is 0 Å². The third-order valence-electron chi connectivity index (χ3n) is 4.41. The number of nitrogens with zero attached hydrogens (tertiary/aromatic N) is 3. The van der Waals surface area contributed by atoms with Crippen LogP contribution in [0.15, 0.2) is 41.4 Å². The molecular weight excluding hydrogens is 482 g/mol. The fourth-order valence-electron chi connectivity index (χ4n) is 3.07. The summed E-state index contributed by atoms with van der Waals surface area (Å²) in [4.78, 5) is 44.7. The Kier molecular flexibility index (Phi) is 10.4. The molecular formula is C26H37N3O6S. The molecule has 198 valence electrons. The second-order valence-corrected chi connectivity index (χ2v) is 11.2. The van der Waals surface area contributed by atoms with Gasteiger partial charge in [0.1, 0.15) is 23.6 Å². The average molecular weight is 520 g/mol. The van der Waals surface area contributed by atoms with Gasteiger partial charge < -0.3 is 18.8 Å². The molecule has 0 aliphatic heterocycles. The number of thioether (sulfide) groups is 1. The van der Waals surface area contributed by atoms with Crippen LogP contribution in [0.1, 0.15) is 64.8 Å². The average Bonchev–Trinajstić information content (AvgIpc) is 3.14. The zero-order valence-electron chi connectivity index (χ0n) is 22.2. The second-order valence-electron chi connectivity index (χ2n) is 10.0. The third kappa shape index (κ3) is 10.3. The van der Waals surface area contributed by atoms with Gasteiger partial charge in [0.2, 0.25) is 0 Å². The number of hydrogen-bond donors (Lipinski definition) is 0. The van der Waals surface area contributed by atoms with Crippen LogP contribution in [-0.4, -0.2) is 62.6 Å². The highest BCUT2D eigenvalue weighted by Gasteiger charge is 2.28. The van der Waals surface area contributed by atoms with Crippen LogP contribution in [0.25, 0.3) is 0 Å². The number of ether oxygens (including phenoxy) is 3. The SMILES string of the molecule is CCOC(=O)c1cn(CCSc2ccccc2)c(CN(CC(=O)OC(C)(C)C)C(=O)OC(C)(C)C)n1. The Balaban J connectivity index is 2.28. The molecule has 0 radical (unpaired) electrons. The van der Waals surface area contributed by atoms with Crippen molar-refractivity contribution in [1.82, 2.24) is 14.5 Å². The second kappa shape index (κ2) is 12.8. The fraction of sp³-hybridized carbons (Fsp3) is 0.538. The molecule has 0 aliphatic carbocycles. The number of imidazole rings is 1. The normalized spacial score (nSPS) is 11.6. The Morgan fingerprint density at radius 2 is 1.64 bits per heavy atom. The monoisotopic (exact) mass is 519 g/mol. The van der Waals surface area contributed by atoms with Crippen LogP contribution >= 0.6 is 11.8 Å². The third-order valence-corrected chi connectivity index (χ3v) is 5.40. The number of benzene rings is 1. The maximum absolute atomic E-state index is 13.0. The van der Waals surface area contributed by atoms with Crippen molar-refractivity contribution in [1.29, 1.82) is 0 Å². The molecule has 0 aliphatic rings. The predicted molar refractivity (Wildman–Crippen MR) is 138 cm³/mol. The molecule has 0 atom stereocenters. The van der Waals surface area contributed by atoms with E-state index in [1.165, 1.54) is 4.90 Å². The van der Waals surface area contributed by atoms with Crippen molar-refractivity contribution in [3.8, 4) is 0 Å². The van der Waals surface area contributed by atoms with Gasteiger partial charge in [0, 0.05) is 23.4 Å².